The average Bonchev–Trinajstić information content (AvgIpc) is 2.29. The quantitative estimate of drug-likeness (QED) is 0.368. The van der Waals surface area contributed by atoms with Crippen LogP contribution in [0.2, 0.25) is 0 Å². The van der Waals surface area contributed by atoms with Crippen LogP contribution in [0.1, 0.15) is 52.9 Å². The number of carbonyl (C=O) groups excluding carboxylic acids is 1. The van der Waals surface area contributed by atoms with Gasteiger partial charge in [-0.3, -0.25) is 4.79 Å². The highest BCUT2D eigenvalue weighted by molar-refractivity contribution is 5.73. The normalized spacial score (nSPS) is 37.4. The highest BCUT2D eigenvalue weighted by Gasteiger charge is 2.39. The second-order valence-corrected chi connectivity index (χ2v) is 5.71. The molecule has 0 aromatic rings. The molecule has 1 nitrogen and oxygen atoms in total. The Bertz CT molecular complexity index is 362. The summed E-state index contributed by atoms with van der Waals surface area (Å²) in [5.74, 6) is 0.752. The van der Waals surface area contributed by atoms with Gasteiger partial charge >= 0.3 is 0 Å². The number of allylic oxidation sites excluding steroid dienone is 4. The van der Waals surface area contributed by atoms with Gasteiger partial charge in [-0.05, 0) is 55.9 Å². The standard InChI is InChI=1S/C15H22O/c1-11(10-16)13-7-8-14-6-4-5-12(2)15(14,3)9-13/h6,10,12H,4-5,7-9H2,1-3H3/b13-11+/t12-,15+/m0/s1. The van der Waals surface area contributed by atoms with Crippen molar-refractivity contribution in [2.75, 3.05) is 0 Å². The molecule has 1 heteroatoms. The lowest BCUT2D eigenvalue weighted by molar-refractivity contribution is -0.104. The van der Waals surface area contributed by atoms with Crippen LogP contribution < -0.4 is 0 Å². The van der Waals surface area contributed by atoms with E-state index in [0.29, 0.717) is 5.41 Å². The first kappa shape index (κ1) is 11.6. The molecule has 0 spiro atoms. The Hall–Kier alpha value is -0.850. The molecule has 0 N–H and O–H groups in total. The van der Waals surface area contributed by atoms with Crippen molar-refractivity contribution < 1.29 is 4.79 Å². The van der Waals surface area contributed by atoms with Gasteiger partial charge in [0.2, 0.25) is 0 Å². The zero-order chi connectivity index (χ0) is 11.8. The van der Waals surface area contributed by atoms with E-state index in [9.17, 15) is 4.79 Å². The molecule has 0 saturated heterocycles. The van der Waals surface area contributed by atoms with E-state index in [0.717, 1.165) is 30.6 Å². The Morgan fingerprint density at radius 3 is 2.94 bits per heavy atom. The molecule has 0 radical (unpaired) electrons. The molecule has 0 amide bonds. The maximum atomic E-state index is 10.9. The van der Waals surface area contributed by atoms with Crippen molar-refractivity contribution in [2.24, 2.45) is 11.3 Å². The van der Waals surface area contributed by atoms with Gasteiger partial charge in [-0.15, -0.1) is 0 Å². The van der Waals surface area contributed by atoms with Crippen LogP contribution in [0, 0.1) is 11.3 Å². The van der Waals surface area contributed by atoms with Crippen LogP contribution in [0.25, 0.3) is 0 Å². The third-order valence-electron chi connectivity index (χ3n) is 4.82. The highest BCUT2D eigenvalue weighted by Crippen LogP contribution is 2.52. The molecule has 2 aliphatic carbocycles. The molecule has 16 heavy (non-hydrogen) atoms. The molecule has 2 rings (SSSR count). The van der Waals surface area contributed by atoms with Gasteiger partial charge in [0, 0.05) is 0 Å². The van der Waals surface area contributed by atoms with E-state index in [4.69, 9.17) is 0 Å². The molecule has 2 aliphatic rings. The Labute approximate surface area is 98.6 Å². The first-order chi connectivity index (χ1) is 7.58. The van der Waals surface area contributed by atoms with E-state index >= 15 is 0 Å². The molecule has 0 aromatic heterocycles. The van der Waals surface area contributed by atoms with Crippen LogP contribution in [0.3, 0.4) is 0 Å². The second-order valence-electron chi connectivity index (χ2n) is 5.71. The van der Waals surface area contributed by atoms with Crippen LogP contribution in [-0.4, -0.2) is 6.29 Å². The Kier molecular flexibility index (Phi) is 3.05. The van der Waals surface area contributed by atoms with Gasteiger partial charge in [0.25, 0.3) is 0 Å². The molecular formula is C15H22O. The molecule has 1 saturated carbocycles. The molecule has 0 bridgehead atoms. The van der Waals surface area contributed by atoms with Crippen LogP contribution in [0.4, 0.5) is 0 Å². The van der Waals surface area contributed by atoms with Crippen LogP contribution in [0.5, 0.6) is 0 Å². The fourth-order valence-corrected chi connectivity index (χ4v) is 3.29. The summed E-state index contributed by atoms with van der Waals surface area (Å²) in [7, 11) is 0. The van der Waals surface area contributed by atoms with Gasteiger partial charge in [-0.25, -0.2) is 0 Å². The molecule has 0 aromatic carbocycles. The second kappa shape index (κ2) is 4.20. The zero-order valence-corrected chi connectivity index (χ0v) is 10.7. The third kappa shape index (κ3) is 1.77. The fourth-order valence-electron chi connectivity index (χ4n) is 3.29. The number of rotatable bonds is 1. The van der Waals surface area contributed by atoms with E-state index in [-0.39, 0.29) is 0 Å². The molecular weight excluding hydrogens is 196 g/mol. The lowest BCUT2D eigenvalue weighted by atomic mass is 9.59. The predicted molar refractivity (Wildman–Crippen MR) is 67.2 cm³/mol. The lowest BCUT2D eigenvalue weighted by Gasteiger charge is -2.45. The predicted octanol–water partition coefficient (Wildman–Crippen LogP) is 4.05. The summed E-state index contributed by atoms with van der Waals surface area (Å²) in [6, 6.07) is 0. The summed E-state index contributed by atoms with van der Waals surface area (Å²) >= 11 is 0. The van der Waals surface area contributed by atoms with Gasteiger partial charge in [0.15, 0.2) is 0 Å². The SMILES string of the molecule is C/C(C=O)=C1/CCC2=CCC[C@H](C)[C@@]2(C)C1. The number of fused-ring (bicyclic) bond motifs is 1. The molecule has 0 unspecified atom stereocenters. The van der Waals surface area contributed by atoms with E-state index in [1.54, 1.807) is 5.57 Å². The number of hydrogen-bond acceptors (Lipinski definition) is 1. The minimum absolute atomic E-state index is 0.329. The zero-order valence-electron chi connectivity index (χ0n) is 10.7. The minimum atomic E-state index is 0.329. The van der Waals surface area contributed by atoms with Crippen molar-refractivity contribution >= 4 is 6.29 Å². The number of carbonyl (C=O) groups is 1. The maximum Gasteiger partial charge on any atom is 0.145 e. The summed E-state index contributed by atoms with van der Waals surface area (Å²) < 4.78 is 0. The van der Waals surface area contributed by atoms with Gasteiger partial charge in [-0.2, -0.15) is 0 Å². The summed E-state index contributed by atoms with van der Waals surface area (Å²) in [5, 5.41) is 0. The molecule has 2 atom stereocenters. The topological polar surface area (TPSA) is 17.1 Å². The Balaban J connectivity index is 2.33. The summed E-state index contributed by atoms with van der Waals surface area (Å²) in [5.41, 5.74) is 4.34. The van der Waals surface area contributed by atoms with Crippen molar-refractivity contribution in [2.45, 2.75) is 52.9 Å². The van der Waals surface area contributed by atoms with Gasteiger partial charge in [0.05, 0.1) is 0 Å². The van der Waals surface area contributed by atoms with Crippen LogP contribution >= 0.6 is 0 Å². The Morgan fingerprint density at radius 1 is 1.50 bits per heavy atom. The molecule has 0 heterocycles. The van der Waals surface area contributed by atoms with E-state index in [1.807, 2.05) is 6.92 Å². The summed E-state index contributed by atoms with van der Waals surface area (Å²) in [4.78, 5) is 10.9. The molecule has 88 valence electrons. The van der Waals surface area contributed by atoms with Crippen LogP contribution in [0.15, 0.2) is 22.8 Å². The van der Waals surface area contributed by atoms with Crippen molar-refractivity contribution in [3.05, 3.63) is 22.8 Å². The average molecular weight is 218 g/mol. The Morgan fingerprint density at radius 2 is 2.25 bits per heavy atom. The van der Waals surface area contributed by atoms with Crippen molar-refractivity contribution in [1.29, 1.82) is 0 Å². The van der Waals surface area contributed by atoms with Gasteiger partial charge in [-0.1, -0.05) is 31.1 Å². The first-order valence-electron chi connectivity index (χ1n) is 6.41. The van der Waals surface area contributed by atoms with Crippen molar-refractivity contribution in [3.8, 4) is 0 Å². The van der Waals surface area contributed by atoms with Crippen molar-refractivity contribution in [1.82, 2.24) is 0 Å². The van der Waals surface area contributed by atoms with E-state index in [2.05, 4.69) is 19.9 Å². The monoisotopic (exact) mass is 218 g/mol. The van der Waals surface area contributed by atoms with Crippen LogP contribution in [-0.2, 0) is 4.79 Å². The smallest absolute Gasteiger partial charge is 0.145 e. The van der Waals surface area contributed by atoms with E-state index < -0.39 is 0 Å². The number of hydrogen-bond donors (Lipinski definition) is 0. The lowest BCUT2D eigenvalue weighted by Crippen LogP contribution is -2.34. The number of aldehydes is 1. The van der Waals surface area contributed by atoms with Gasteiger partial charge in [0.1, 0.15) is 6.29 Å². The fraction of sp³-hybridized carbons (Fsp3) is 0.667. The maximum absolute atomic E-state index is 10.9. The summed E-state index contributed by atoms with van der Waals surface area (Å²) in [6.45, 7) is 6.72. The third-order valence-corrected chi connectivity index (χ3v) is 4.82. The highest BCUT2D eigenvalue weighted by atomic mass is 16.1. The molecule has 1 fully saturated rings. The molecule has 0 aliphatic heterocycles. The van der Waals surface area contributed by atoms with E-state index in [1.165, 1.54) is 24.8 Å². The first-order valence-corrected chi connectivity index (χ1v) is 6.41. The minimum Gasteiger partial charge on any atom is -0.298 e. The summed E-state index contributed by atoms with van der Waals surface area (Å²) in [6.07, 6.45) is 9.39. The van der Waals surface area contributed by atoms with Crippen molar-refractivity contribution in [3.63, 3.8) is 0 Å². The van der Waals surface area contributed by atoms with Gasteiger partial charge < -0.3 is 0 Å². The largest absolute Gasteiger partial charge is 0.298 e.